The number of rotatable bonds is 3. The standard InChI is InChI=1S/C13H23N3/c1-6-10-9(2)15-12(7-13(3,4)5)16-11(10)8-14/h6-8,14H2,1-5H3. The van der Waals surface area contributed by atoms with E-state index in [0.717, 1.165) is 30.1 Å². The van der Waals surface area contributed by atoms with Gasteiger partial charge in [-0.1, -0.05) is 27.7 Å². The van der Waals surface area contributed by atoms with Crippen LogP contribution in [0.3, 0.4) is 0 Å². The highest BCUT2D eigenvalue weighted by Crippen LogP contribution is 2.20. The zero-order chi connectivity index (χ0) is 12.3. The van der Waals surface area contributed by atoms with Crippen LogP contribution in [0.2, 0.25) is 0 Å². The minimum absolute atomic E-state index is 0.214. The molecule has 0 spiro atoms. The van der Waals surface area contributed by atoms with Crippen molar-refractivity contribution in [3.05, 3.63) is 22.8 Å². The highest BCUT2D eigenvalue weighted by Gasteiger charge is 2.16. The Morgan fingerprint density at radius 3 is 2.25 bits per heavy atom. The van der Waals surface area contributed by atoms with Crippen molar-refractivity contribution < 1.29 is 0 Å². The van der Waals surface area contributed by atoms with Crippen molar-refractivity contribution >= 4 is 0 Å². The number of aryl methyl sites for hydroxylation is 1. The number of nitrogens with zero attached hydrogens (tertiary/aromatic N) is 2. The average molecular weight is 221 g/mol. The van der Waals surface area contributed by atoms with E-state index in [4.69, 9.17) is 5.73 Å². The Balaban J connectivity index is 3.10. The summed E-state index contributed by atoms with van der Waals surface area (Å²) >= 11 is 0. The molecule has 90 valence electrons. The van der Waals surface area contributed by atoms with Crippen LogP contribution in [0.25, 0.3) is 0 Å². The third-order valence-corrected chi connectivity index (χ3v) is 2.58. The van der Waals surface area contributed by atoms with Crippen LogP contribution in [-0.2, 0) is 19.4 Å². The summed E-state index contributed by atoms with van der Waals surface area (Å²) in [5.74, 6) is 0.919. The molecule has 0 aliphatic rings. The van der Waals surface area contributed by atoms with Crippen LogP contribution in [0.4, 0.5) is 0 Å². The zero-order valence-electron chi connectivity index (χ0n) is 11.1. The van der Waals surface area contributed by atoms with Crippen molar-refractivity contribution in [1.82, 2.24) is 9.97 Å². The van der Waals surface area contributed by atoms with E-state index in [-0.39, 0.29) is 5.41 Å². The van der Waals surface area contributed by atoms with Gasteiger partial charge in [-0.15, -0.1) is 0 Å². The maximum atomic E-state index is 5.74. The van der Waals surface area contributed by atoms with Gasteiger partial charge in [-0.3, -0.25) is 0 Å². The fourth-order valence-corrected chi connectivity index (χ4v) is 1.90. The van der Waals surface area contributed by atoms with Gasteiger partial charge in [0.15, 0.2) is 0 Å². The van der Waals surface area contributed by atoms with Gasteiger partial charge in [-0.25, -0.2) is 9.97 Å². The molecule has 1 rings (SSSR count). The molecule has 3 heteroatoms. The molecule has 2 N–H and O–H groups in total. The molecular weight excluding hydrogens is 198 g/mol. The summed E-state index contributed by atoms with van der Waals surface area (Å²) in [6.45, 7) is 11.3. The molecule has 0 aliphatic carbocycles. The van der Waals surface area contributed by atoms with E-state index >= 15 is 0 Å². The van der Waals surface area contributed by atoms with E-state index in [9.17, 15) is 0 Å². The molecule has 0 unspecified atom stereocenters. The lowest BCUT2D eigenvalue weighted by Gasteiger charge is -2.18. The average Bonchev–Trinajstić information content (AvgIpc) is 2.14. The molecular formula is C13H23N3. The van der Waals surface area contributed by atoms with Crippen LogP contribution in [0, 0.1) is 12.3 Å². The summed E-state index contributed by atoms with van der Waals surface area (Å²) in [6.07, 6.45) is 1.85. The molecule has 1 aromatic heterocycles. The summed E-state index contributed by atoms with van der Waals surface area (Å²) in [5.41, 5.74) is 9.25. The lowest BCUT2D eigenvalue weighted by atomic mass is 9.91. The molecule has 0 amide bonds. The van der Waals surface area contributed by atoms with Crippen LogP contribution < -0.4 is 5.73 Å². The molecule has 3 nitrogen and oxygen atoms in total. The lowest BCUT2D eigenvalue weighted by molar-refractivity contribution is 0.399. The number of hydrogen-bond donors (Lipinski definition) is 1. The Morgan fingerprint density at radius 2 is 1.81 bits per heavy atom. The zero-order valence-corrected chi connectivity index (χ0v) is 11.1. The topological polar surface area (TPSA) is 51.8 Å². The summed E-state index contributed by atoms with van der Waals surface area (Å²) in [7, 11) is 0. The normalized spacial score (nSPS) is 11.9. The van der Waals surface area contributed by atoms with Crippen LogP contribution >= 0.6 is 0 Å². The third-order valence-electron chi connectivity index (χ3n) is 2.58. The third kappa shape index (κ3) is 3.27. The first-order valence-electron chi connectivity index (χ1n) is 5.92. The van der Waals surface area contributed by atoms with E-state index in [1.54, 1.807) is 0 Å². The van der Waals surface area contributed by atoms with Gasteiger partial charge < -0.3 is 5.73 Å². The monoisotopic (exact) mass is 221 g/mol. The summed E-state index contributed by atoms with van der Waals surface area (Å²) in [4.78, 5) is 9.14. The molecule has 0 saturated carbocycles. The van der Waals surface area contributed by atoms with E-state index < -0.39 is 0 Å². The molecule has 0 saturated heterocycles. The van der Waals surface area contributed by atoms with Gasteiger partial charge in [0.2, 0.25) is 0 Å². The van der Waals surface area contributed by atoms with Crippen molar-refractivity contribution in [2.45, 2.75) is 54.0 Å². The fraction of sp³-hybridized carbons (Fsp3) is 0.692. The summed E-state index contributed by atoms with van der Waals surface area (Å²) in [5, 5.41) is 0. The van der Waals surface area contributed by atoms with E-state index in [2.05, 4.69) is 37.7 Å². The van der Waals surface area contributed by atoms with E-state index in [1.807, 2.05) is 6.92 Å². The van der Waals surface area contributed by atoms with Crippen molar-refractivity contribution in [2.75, 3.05) is 0 Å². The smallest absolute Gasteiger partial charge is 0.129 e. The molecule has 1 heterocycles. The van der Waals surface area contributed by atoms with Crippen LogP contribution in [-0.4, -0.2) is 9.97 Å². The molecule has 0 aliphatic heterocycles. The second-order valence-corrected chi connectivity index (χ2v) is 5.45. The molecule has 0 bridgehead atoms. The van der Waals surface area contributed by atoms with Gasteiger partial charge in [-0.2, -0.15) is 0 Å². The fourth-order valence-electron chi connectivity index (χ4n) is 1.90. The molecule has 0 atom stereocenters. The first kappa shape index (κ1) is 13.1. The Labute approximate surface area is 98.5 Å². The number of nitrogens with two attached hydrogens (primary N) is 1. The minimum Gasteiger partial charge on any atom is -0.325 e. The van der Waals surface area contributed by atoms with Crippen LogP contribution in [0.15, 0.2) is 0 Å². The Kier molecular flexibility index (Phi) is 4.03. The largest absolute Gasteiger partial charge is 0.325 e. The van der Waals surface area contributed by atoms with Gasteiger partial charge in [0, 0.05) is 18.7 Å². The lowest BCUT2D eigenvalue weighted by Crippen LogP contribution is -2.16. The van der Waals surface area contributed by atoms with Gasteiger partial charge in [-0.05, 0) is 24.3 Å². The first-order chi connectivity index (χ1) is 7.37. The maximum Gasteiger partial charge on any atom is 0.129 e. The molecule has 0 radical (unpaired) electrons. The number of aromatic nitrogens is 2. The second kappa shape index (κ2) is 4.91. The quantitative estimate of drug-likeness (QED) is 0.852. The van der Waals surface area contributed by atoms with Crippen molar-refractivity contribution in [1.29, 1.82) is 0 Å². The van der Waals surface area contributed by atoms with Gasteiger partial charge in [0.1, 0.15) is 5.82 Å². The molecule has 0 aromatic carbocycles. The van der Waals surface area contributed by atoms with Gasteiger partial charge in [0.05, 0.1) is 5.69 Å². The van der Waals surface area contributed by atoms with Crippen molar-refractivity contribution in [3.63, 3.8) is 0 Å². The summed E-state index contributed by atoms with van der Waals surface area (Å²) < 4.78 is 0. The molecule has 1 aromatic rings. The van der Waals surface area contributed by atoms with E-state index in [0.29, 0.717) is 6.54 Å². The Bertz CT molecular complexity index is 364. The van der Waals surface area contributed by atoms with Crippen LogP contribution in [0.1, 0.15) is 50.5 Å². The van der Waals surface area contributed by atoms with Gasteiger partial charge in [0.25, 0.3) is 0 Å². The number of hydrogen-bond acceptors (Lipinski definition) is 3. The van der Waals surface area contributed by atoms with Crippen LogP contribution in [0.5, 0.6) is 0 Å². The predicted octanol–water partition coefficient (Wildman–Crippen LogP) is 2.39. The molecule has 0 fully saturated rings. The Hall–Kier alpha value is -0.960. The maximum absolute atomic E-state index is 5.74. The highest BCUT2D eigenvalue weighted by molar-refractivity contribution is 5.25. The molecule has 16 heavy (non-hydrogen) atoms. The van der Waals surface area contributed by atoms with E-state index in [1.165, 1.54) is 5.56 Å². The predicted molar refractivity (Wildman–Crippen MR) is 67.2 cm³/mol. The Morgan fingerprint density at radius 1 is 1.19 bits per heavy atom. The highest BCUT2D eigenvalue weighted by atomic mass is 14.9. The second-order valence-electron chi connectivity index (χ2n) is 5.45. The SMILES string of the molecule is CCc1c(C)nc(CC(C)(C)C)nc1CN. The van der Waals surface area contributed by atoms with Crippen molar-refractivity contribution in [2.24, 2.45) is 11.1 Å². The first-order valence-corrected chi connectivity index (χ1v) is 5.92. The van der Waals surface area contributed by atoms with Crippen molar-refractivity contribution in [3.8, 4) is 0 Å². The van der Waals surface area contributed by atoms with Gasteiger partial charge >= 0.3 is 0 Å². The summed E-state index contributed by atoms with van der Waals surface area (Å²) in [6, 6.07) is 0. The minimum atomic E-state index is 0.214.